The molecule has 2 aromatic rings. The first kappa shape index (κ1) is 19.8. The molecule has 1 aromatic carbocycles. The van der Waals surface area contributed by atoms with Crippen molar-refractivity contribution in [1.29, 1.82) is 0 Å². The molecule has 2 amide bonds. The fourth-order valence-corrected chi connectivity index (χ4v) is 4.42. The number of ether oxygens (including phenoxy) is 2. The first-order valence-electron chi connectivity index (χ1n) is 9.66. The summed E-state index contributed by atoms with van der Waals surface area (Å²) in [6.07, 6.45) is 0.921. The number of carbonyl (C=O) groups is 2. The molecule has 2 atom stereocenters. The Balaban J connectivity index is 1.58. The lowest BCUT2D eigenvalue weighted by atomic mass is 9.83. The van der Waals surface area contributed by atoms with Crippen molar-refractivity contribution in [3.8, 4) is 11.5 Å². The molecule has 9 nitrogen and oxygen atoms in total. The second-order valence-electron chi connectivity index (χ2n) is 7.59. The molecule has 0 radical (unpaired) electrons. The van der Waals surface area contributed by atoms with Gasteiger partial charge < -0.3 is 29.4 Å². The average molecular weight is 413 g/mol. The summed E-state index contributed by atoms with van der Waals surface area (Å²) in [7, 11) is 2.85. The van der Waals surface area contributed by atoms with Crippen LogP contribution in [0.2, 0.25) is 0 Å². The van der Waals surface area contributed by atoms with E-state index in [4.69, 9.17) is 9.47 Å². The van der Waals surface area contributed by atoms with Gasteiger partial charge in [-0.1, -0.05) is 6.07 Å². The van der Waals surface area contributed by atoms with Crippen molar-refractivity contribution < 1.29 is 24.2 Å². The number of carbonyl (C=O) groups excluding carboxylic acids is 1. The van der Waals surface area contributed by atoms with Gasteiger partial charge in [0.1, 0.15) is 0 Å². The van der Waals surface area contributed by atoms with Crippen LogP contribution in [0.25, 0.3) is 0 Å². The lowest BCUT2D eigenvalue weighted by Gasteiger charge is -2.42. The number of piperidine rings is 1. The highest BCUT2D eigenvalue weighted by atomic mass is 16.5. The number of amides is 2. The summed E-state index contributed by atoms with van der Waals surface area (Å²) in [6, 6.07) is 7.62. The molecule has 0 aliphatic carbocycles. The number of urea groups is 1. The summed E-state index contributed by atoms with van der Waals surface area (Å²) in [5, 5.41) is 12.3. The zero-order valence-electron chi connectivity index (χ0n) is 16.8. The third-order valence-electron chi connectivity index (χ3n) is 5.76. The molecule has 2 aliphatic rings. The highest BCUT2D eigenvalue weighted by Gasteiger charge is 2.36. The molecule has 9 heteroatoms. The van der Waals surface area contributed by atoms with Crippen LogP contribution in [0.15, 0.2) is 35.1 Å². The monoisotopic (exact) mass is 413 g/mol. The fourth-order valence-electron chi connectivity index (χ4n) is 4.42. The molecule has 0 unspecified atom stereocenters. The number of anilines is 1. The Bertz CT molecular complexity index is 1060. The molecule has 0 spiro atoms. The van der Waals surface area contributed by atoms with E-state index < -0.39 is 5.97 Å². The minimum absolute atomic E-state index is 0.0171. The number of nitrogens with one attached hydrogen (secondary N) is 1. The number of carboxylic acid groups (broad SMARTS) is 1. The molecular formula is C21H23N3O6. The van der Waals surface area contributed by atoms with Crippen LogP contribution in [-0.4, -0.2) is 53.9 Å². The minimum Gasteiger partial charge on any atom is -0.493 e. The number of benzene rings is 1. The highest BCUT2D eigenvalue weighted by Crippen LogP contribution is 2.36. The topological polar surface area (TPSA) is 110 Å². The van der Waals surface area contributed by atoms with Crippen LogP contribution in [0.3, 0.4) is 0 Å². The van der Waals surface area contributed by atoms with E-state index in [1.54, 1.807) is 21.6 Å². The number of hydrogen-bond donors (Lipinski definition) is 2. The second kappa shape index (κ2) is 7.74. The van der Waals surface area contributed by atoms with Crippen molar-refractivity contribution >= 4 is 17.7 Å². The first-order chi connectivity index (χ1) is 14.4. The van der Waals surface area contributed by atoms with E-state index in [1.165, 1.54) is 26.4 Å². The Morgan fingerprint density at radius 3 is 2.53 bits per heavy atom. The predicted octanol–water partition coefficient (Wildman–Crippen LogP) is 2.21. The summed E-state index contributed by atoms with van der Waals surface area (Å²) < 4.78 is 12.2. The Hall–Kier alpha value is -3.49. The Morgan fingerprint density at radius 1 is 1.10 bits per heavy atom. The Kier molecular flexibility index (Phi) is 5.11. The lowest BCUT2D eigenvalue weighted by Crippen LogP contribution is -2.50. The fraction of sp³-hybridized carbons (Fsp3) is 0.381. The molecular weight excluding hydrogens is 390 g/mol. The third kappa shape index (κ3) is 3.47. The molecule has 2 N–H and O–H groups in total. The Morgan fingerprint density at radius 2 is 1.83 bits per heavy atom. The summed E-state index contributed by atoms with van der Waals surface area (Å²) >= 11 is 0. The summed E-state index contributed by atoms with van der Waals surface area (Å²) in [6.45, 7) is 1.53. The van der Waals surface area contributed by atoms with Gasteiger partial charge in [-0.3, -0.25) is 4.79 Å². The van der Waals surface area contributed by atoms with Gasteiger partial charge in [0.05, 0.1) is 25.5 Å². The van der Waals surface area contributed by atoms with Gasteiger partial charge in [0.15, 0.2) is 11.5 Å². The molecule has 1 aromatic heterocycles. The van der Waals surface area contributed by atoms with Gasteiger partial charge in [0, 0.05) is 49.4 Å². The number of aromatic carboxylic acids is 1. The van der Waals surface area contributed by atoms with Crippen molar-refractivity contribution in [2.24, 2.45) is 5.92 Å². The van der Waals surface area contributed by atoms with E-state index in [0.29, 0.717) is 25.4 Å². The lowest BCUT2D eigenvalue weighted by molar-refractivity contribution is 0.0697. The zero-order chi connectivity index (χ0) is 21.4. The van der Waals surface area contributed by atoms with Crippen LogP contribution in [0.1, 0.15) is 28.4 Å². The Labute approximate surface area is 172 Å². The number of carboxylic acids is 1. The van der Waals surface area contributed by atoms with Crippen molar-refractivity contribution in [1.82, 2.24) is 9.47 Å². The maximum Gasteiger partial charge on any atom is 0.337 e. The van der Waals surface area contributed by atoms with Crippen LogP contribution < -0.4 is 20.3 Å². The average Bonchev–Trinajstić information content (AvgIpc) is 2.73. The van der Waals surface area contributed by atoms with Crippen LogP contribution in [0.4, 0.5) is 10.5 Å². The normalized spacial score (nSPS) is 19.6. The van der Waals surface area contributed by atoms with Crippen LogP contribution >= 0.6 is 0 Å². The van der Waals surface area contributed by atoms with Crippen LogP contribution in [0, 0.1) is 5.92 Å². The van der Waals surface area contributed by atoms with E-state index in [1.807, 2.05) is 6.07 Å². The van der Waals surface area contributed by atoms with E-state index >= 15 is 0 Å². The van der Waals surface area contributed by atoms with Crippen molar-refractivity contribution in [3.05, 3.63) is 51.9 Å². The van der Waals surface area contributed by atoms with Gasteiger partial charge in [-0.2, -0.15) is 0 Å². The SMILES string of the molecule is COc1cc(NC(=O)N2C[C@H]3C[C@H](C2)c2cccc(=O)n2C3)c(C(=O)O)cc1OC. The van der Waals surface area contributed by atoms with Gasteiger partial charge >= 0.3 is 12.0 Å². The number of aromatic nitrogens is 1. The first-order valence-corrected chi connectivity index (χ1v) is 9.66. The van der Waals surface area contributed by atoms with Crippen molar-refractivity contribution in [2.45, 2.75) is 18.9 Å². The standard InChI is InChI=1S/C21H23N3O6/c1-29-17-7-14(20(26)27)15(8-18(17)30-2)22-21(28)23-9-12-6-13(11-23)16-4-3-5-19(25)24(16)10-12/h3-5,7-8,12-13H,6,9-11H2,1-2H3,(H,22,28)(H,26,27)/t12-,13-/m1/s1. The molecule has 2 aliphatic heterocycles. The second-order valence-corrected chi connectivity index (χ2v) is 7.59. The van der Waals surface area contributed by atoms with Gasteiger partial charge in [-0.15, -0.1) is 0 Å². The number of rotatable bonds is 4. The number of likely N-dealkylation sites (tertiary alicyclic amines) is 1. The molecule has 1 fully saturated rings. The maximum absolute atomic E-state index is 13.0. The molecule has 30 heavy (non-hydrogen) atoms. The van der Waals surface area contributed by atoms with Crippen molar-refractivity contribution in [2.75, 3.05) is 32.6 Å². The van der Waals surface area contributed by atoms with Crippen LogP contribution in [0.5, 0.6) is 11.5 Å². The third-order valence-corrected chi connectivity index (χ3v) is 5.76. The maximum atomic E-state index is 13.0. The van der Waals surface area contributed by atoms with Gasteiger partial charge in [0.25, 0.3) is 5.56 Å². The summed E-state index contributed by atoms with van der Waals surface area (Å²) in [5.74, 6) is -0.355. The van der Waals surface area contributed by atoms with Crippen molar-refractivity contribution in [3.63, 3.8) is 0 Å². The highest BCUT2D eigenvalue weighted by molar-refractivity contribution is 6.01. The van der Waals surface area contributed by atoms with Gasteiger partial charge in [-0.05, 0) is 18.4 Å². The van der Waals surface area contributed by atoms with Crippen LogP contribution in [-0.2, 0) is 6.54 Å². The number of hydrogen-bond acceptors (Lipinski definition) is 5. The number of methoxy groups -OCH3 is 2. The molecule has 158 valence electrons. The van der Waals surface area contributed by atoms with E-state index in [-0.39, 0.29) is 40.4 Å². The van der Waals surface area contributed by atoms with Gasteiger partial charge in [0.2, 0.25) is 0 Å². The largest absolute Gasteiger partial charge is 0.493 e. The molecule has 3 heterocycles. The van der Waals surface area contributed by atoms with E-state index in [2.05, 4.69) is 5.32 Å². The van der Waals surface area contributed by atoms with Gasteiger partial charge in [-0.25, -0.2) is 9.59 Å². The zero-order valence-corrected chi connectivity index (χ0v) is 16.8. The van der Waals surface area contributed by atoms with E-state index in [9.17, 15) is 19.5 Å². The smallest absolute Gasteiger partial charge is 0.337 e. The number of fused-ring (bicyclic) bond motifs is 4. The van der Waals surface area contributed by atoms with E-state index in [0.717, 1.165) is 12.1 Å². The predicted molar refractivity (Wildman–Crippen MR) is 109 cm³/mol. The molecule has 4 rings (SSSR count). The molecule has 1 saturated heterocycles. The minimum atomic E-state index is -1.19. The number of nitrogens with zero attached hydrogens (tertiary/aromatic N) is 2. The quantitative estimate of drug-likeness (QED) is 0.795. The number of pyridine rings is 1. The molecule has 2 bridgehead atoms. The summed E-state index contributed by atoms with van der Waals surface area (Å²) in [4.78, 5) is 38.5. The summed E-state index contributed by atoms with van der Waals surface area (Å²) in [5.41, 5.74) is 0.970. The molecule has 0 saturated carbocycles.